The van der Waals surface area contributed by atoms with Gasteiger partial charge in [-0.05, 0) is 24.0 Å². The van der Waals surface area contributed by atoms with Crippen LogP contribution in [-0.4, -0.2) is 44.1 Å². The van der Waals surface area contributed by atoms with E-state index in [9.17, 15) is 29.8 Å². The number of aliphatic carboxylic acids is 2. The van der Waals surface area contributed by atoms with Gasteiger partial charge in [0.15, 0.2) is 0 Å². The Balaban J connectivity index is 0.000000300. The van der Waals surface area contributed by atoms with Crippen LogP contribution in [0.5, 0.6) is 0 Å². The van der Waals surface area contributed by atoms with Crippen LogP contribution >= 0.6 is 0 Å². The predicted molar refractivity (Wildman–Crippen MR) is 105 cm³/mol. The second-order valence-corrected chi connectivity index (χ2v) is 6.14. The minimum atomic E-state index is -1.09. The molecule has 0 aromatic heterocycles. The smallest absolute Gasteiger partial charge is 0.320 e. The van der Waals surface area contributed by atoms with Crippen molar-refractivity contribution in [3.8, 4) is 0 Å². The van der Waals surface area contributed by atoms with Crippen molar-refractivity contribution in [2.75, 3.05) is 0 Å². The van der Waals surface area contributed by atoms with Gasteiger partial charge in [-0.1, -0.05) is 24.3 Å². The number of carboxylic acid groups (broad SMARTS) is 2. The molecule has 0 aliphatic rings. The quantitative estimate of drug-likeness (QED) is 0.352. The average molecular weight is 420 g/mol. The van der Waals surface area contributed by atoms with E-state index < -0.39 is 33.9 Å². The largest absolute Gasteiger partial charge is 0.480 e. The lowest BCUT2D eigenvalue weighted by molar-refractivity contribution is -0.385. The van der Waals surface area contributed by atoms with Gasteiger partial charge >= 0.3 is 11.9 Å². The molecule has 2 rings (SSSR count). The molecule has 12 nitrogen and oxygen atoms in total. The molecule has 0 bridgehead atoms. The number of hydrogen-bond acceptors (Lipinski definition) is 8. The topological polar surface area (TPSA) is 213 Å². The Bertz CT molecular complexity index is 824. The standard InChI is InChI=1S/2C9H10N2O4/c2*10-8(9(12)13)5-6-1-3-7(4-2-6)11(14)15/h2*1-4,8H,5,10H2,(H,12,13). The fourth-order valence-electron chi connectivity index (χ4n) is 2.19. The number of rotatable bonds is 8. The zero-order valence-corrected chi connectivity index (χ0v) is 15.6. The van der Waals surface area contributed by atoms with E-state index in [1.165, 1.54) is 48.5 Å². The molecule has 2 aromatic rings. The molecule has 2 atom stereocenters. The first-order valence-corrected chi connectivity index (χ1v) is 8.44. The van der Waals surface area contributed by atoms with Gasteiger partial charge in [0.1, 0.15) is 12.1 Å². The van der Waals surface area contributed by atoms with Crippen LogP contribution in [0.1, 0.15) is 11.1 Å². The number of carboxylic acids is 2. The number of benzene rings is 2. The maximum Gasteiger partial charge on any atom is 0.320 e. The van der Waals surface area contributed by atoms with Gasteiger partial charge in [-0.2, -0.15) is 0 Å². The van der Waals surface area contributed by atoms with Crippen LogP contribution in [0.15, 0.2) is 48.5 Å². The van der Waals surface area contributed by atoms with Crippen LogP contribution in [0.25, 0.3) is 0 Å². The molecule has 0 saturated carbocycles. The first kappa shape index (κ1) is 24.1. The number of non-ortho nitro benzene ring substituents is 2. The Morgan fingerprint density at radius 2 is 1.00 bits per heavy atom. The van der Waals surface area contributed by atoms with Gasteiger partial charge in [0.2, 0.25) is 0 Å². The van der Waals surface area contributed by atoms with Crippen molar-refractivity contribution in [2.24, 2.45) is 11.5 Å². The molecule has 2 aromatic carbocycles. The normalized spacial score (nSPS) is 12.1. The lowest BCUT2D eigenvalue weighted by atomic mass is 10.1. The third-order valence-electron chi connectivity index (χ3n) is 3.84. The van der Waals surface area contributed by atoms with E-state index in [0.717, 1.165) is 0 Å². The van der Waals surface area contributed by atoms with E-state index in [1.807, 2.05) is 0 Å². The Hall–Kier alpha value is -3.90. The minimum Gasteiger partial charge on any atom is -0.480 e. The molecule has 6 N–H and O–H groups in total. The number of hydrogen-bond donors (Lipinski definition) is 4. The number of nitrogens with two attached hydrogens (primary N) is 2. The monoisotopic (exact) mass is 420 g/mol. The van der Waals surface area contributed by atoms with Gasteiger partial charge in [-0.3, -0.25) is 29.8 Å². The fourth-order valence-corrected chi connectivity index (χ4v) is 2.19. The molecule has 0 radical (unpaired) electrons. The first-order chi connectivity index (χ1) is 14.0. The molecule has 0 fully saturated rings. The Morgan fingerprint density at radius 1 is 0.733 bits per heavy atom. The van der Waals surface area contributed by atoms with Crippen molar-refractivity contribution in [2.45, 2.75) is 24.9 Å². The van der Waals surface area contributed by atoms with Gasteiger partial charge in [-0.15, -0.1) is 0 Å². The van der Waals surface area contributed by atoms with E-state index >= 15 is 0 Å². The summed E-state index contributed by atoms with van der Waals surface area (Å²) in [5.41, 5.74) is 11.9. The summed E-state index contributed by atoms with van der Waals surface area (Å²) < 4.78 is 0. The van der Waals surface area contributed by atoms with Crippen molar-refractivity contribution < 1.29 is 29.6 Å². The highest BCUT2D eigenvalue weighted by molar-refractivity contribution is 5.74. The summed E-state index contributed by atoms with van der Waals surface area (Å²) in [5.74, 6) is -2.18. The third-order valence-corrected chi connectivity index (χ3v) is 3.84. The summed E-state index contributed by atoms with van der Waals surface area (Å²) in [4.78, 5) is 40.5. The van der Waals surface area contributed by atoms with Gasteiger partial charge in [0.05, 0.1) is 9.85 Å². The maximum absolute atomic E-state index is 10.4. The maximum atomic E-state index is 10.4. The highest BCUT2D eigenvalue weighted by atomic mass is 16.6. The zero-order valence-electron chi connectivity index (χ0n) is 15.6. The molecule has 0 spiro atoms. The van der Waals surface area contributed by atoms with Crippen LogP contribution in [-0.2, 0) is 22.4 Å². The molecule has 0 heterocycles. The molecule has 0 amide bonds. The summed E-state index contributed by atoms with van der Waals surface area (Å²) in [6.07, 6.45) is 0.320. The third kappa shape index (κ3) is 8.00. The molecule has 160 valence electrons. The SMILES string of the molecule is NC(Cc1ccc([N+](=O)[O-])cc1)C(=O)O.NC(Cc1ccc([N+](=O)[O-])cc1)C(=O)O. The summed E-state index contributed by atoms with van der Waals surface area (Å²) in [6.45, 7) is 0. The Morgan fingerprint density at radius 3 is 1.20 bits per heavy atom. The molecule has 12 heteroatoms. The van der Waals surface area contributed by atoms with Crippen molar-refractivity contribution in [3.05, 3.63) is 79.9 Å². The molecule has 0 saturated heterocycles. The van der Waals surface area contributed by atoms with Crippen molar-refractivity contribution in [3.63, 3.8) is 0 Å². The number of nitrogens with zero attached hydrogens (tertiary/aromatic N) is 2. The van der Waals surface area contributed by atoms with E-state index in [2.05, 4.69) is 0 Å². The van der Waals surface area contributed by atoms with Crippen LogP contribution in [0.4, 0.5) is 11.4 Å². The predicted octanol–water partition coefficient (Wildman–Crippen LogP) is 1.10. The first-order valence-electron chi connectivity index (χ1n) is 8.44. The highest BCUT2D eigenvalue weighted by Crippen LogP contribution is 2.13. The second kappa shape index (κ2) is 11.2. The number of nitro benzene ring substituents is 2. The van der Waals surface area contributed by atoms with Crippen LogP contribution in [0.2, 0.25) is 0 Å². The molecular weight excluding hydrogens is 400 g/mol. The fraction of sp³-hybridized carbons (Fsp3) is 0.222. The molecule has 0 aliphatic carbocycles. The minimum absolute atomic E-state index is 0.0253. The van der Waals surface area contributed by atoms with E-state index in [0.29, 0.717) is 11.1 Å². The summed E-state index contributed by atoms with van der Waals surface area (Å²) in [7, 11) is 0. The van der Waals surface area contributed by atoms with Crippen molar-refractivity contribution in [1.29, 1.82) is 0 Å². The molecule has 0 aliphatic heterocycles. The second-order valence-electron chi connectivity index (χ2n) is 6.14. The number of nitro groups is 2. The zero-order chi connectivity index (χ0) is 22.8. The number of carbonyl (C=O) groups is 2. The van der Waals surface area contributed by atoms with Crippen LogP contribution < -0.4 is 11.5 Å². The van der Waals surface area contributed by atoms with E-state index in [4.69, 9.17) is 21.7 Å². The van der Waals surface area contributed by atoms with E-state index in [1.54, 1.807) is 0 Å². The van der Waals surface area contributed by atoms with Crippen molar-refractivity contribution >= 4 is 23.3 Å². The Labute approximate surface area is 170 Å². The van der Waals surface area contributed by atoms with Crippen molar-refractivity contribution in [1.82, 2.24) is 0 Å². The summed E-state index contributed by atoms with van der Waals surface area (Å²) >= 11 is 0. The Kier molecular flexibility index (Phi) is 9.00. The van der Waals surface area contributed by atoms with Gasteiger partial charge in [0.25, 0.3) is 11.4 Å². The lowest BCUT2D eigenvalue weighted by Gasteiger charge is -2.05. The van der Waals surface area contributed by atoms with Crippen LogP contribution in [0, 0.1) is 20.2 Å². The van der Waals surface area contributed by atoms with Gasteiger partial charge < -0.3 is 21.7 Å². The molecular formula is C18H20N4O8. The average Bonchev–Trinajstić information content (AvgIpc) is 2.69. The summed E-state index contributed by atoms with van der Waals surface area (Å²) in [6, 6.07) is 9.34. The summed E-state index contributed by atoms with van der Waals surface area (Å²) in [5, 5.41) is 37.8. The lowest BCUT2D eigenvalue weighted by Crippen LogP contribution is -2.32. The molecule has 2 unspecified atom stereocenters. The van der Waals surface area contributed by atoms with E-state index in [-0.39, 0.29) is 24.2 Å². The highest BCUT2D eigenvalue weighted by Gasteiger charge is 2.13. The van der Waals surface area contributed by atoms with Crippen LogP contribution in [0.3, 0.4) is 0 Å². The van der Waals surface area contributed by atoms with Gasteiger partial charge in [0, 0.05) is 24.3 Å². The van der Waals surface area contributed by atoms with Gasteiger partial charge in [-0.25, -0.2) is 0 Å². The molecule has 30 heavy (non-hydrogen) atoms.